The molecule has 0 aliphatic carbocycles. The van der Waals surface area contributed by atoms with Gasteiger partial charge in [-0.3, -0.25) is 4.79 Å². The van der Waals surface area contributed by atoms with Crippen molar-refractivity contribution < 1.29 is 4.79 Å². The van der Waals surface area contributed by atoms with Crippen molar-refractivity contribution in [3.63, 3.8) is 0 Å². The molecule has 0 saturated heterocycles. The van der Waals surface area contributed by atoms with Crippen LogP contribution in [-0.4, -0.2) is 22.0 Å². The smallest absolute Gasteiger partial charge is 0.294 e. The van der Waals surface area contributed by atoms with Crippen LogP contribution >= 0.6 is 11.6 Å². The van der Waals surface area contributed by atoms with E-state index < -0.39 is 0 Å². The highest BCUT2D eigenvalue weighted by Crippen LogP contribution is 2.25. The molecule has 1 unspecified atom stereocenters. The molecule has 0 fully saturated rings. The maximum atomic E-state index is 13.2. The summed E-state index contributed by atoms with van der Waals surface area (Å²) in [7, 11) is 0. The molecule has 5 heteroatoms. The van der Waals surface area contributed by atoms with Gasteiger partial charge in [0.25, 0.3) is 5.91 Å². The molecule has 0 bridgehead atoms. The number of carbonyl (C=O) groups is 1. The van der Waals surface area contributed by atoms with Crippen molar-refractivity contribution in [2.75, 3.05) is 11.4 Å². The first kappa shape index (κ1) is 16.9. The van der Waals surface area contributed by atoms with E-state index in [9.17, 15) is 4.79 Å². The van der Waals surface area contributed by atoms with Gasteiger partial charge < -0.3 is 9.47 Å². The number of rotatable bonds is 3. The molecular formula is C21H20ClN3O. The molecule has 4 rings (SSSR count). The van der Waals surface area contributed by atoms with Crippen LogP contribution in [-0.2, 0) is 13.0 Å². The molecule has 4 nitrogen and oxygen atoms in total. The number of halogens is 1. The minimum Gasteiger partial charge on any atom is -0.326 e. The molecule has 1 amide bonds. The fourth-order valence-electron chi connectivity index (χ4n) is 3.45. The van der Waals surface area contributed by atoms with Gasteiger partial charge in [-0.15, -0.1) is 0 Å². The Morgan fingerprint density at radius 2 is 1.92 bits per heavy atom. The predicted octanol–water partition coefficient (Wildman–Crippen LogP) is 4.42. The number of benzene rings is 2. The Labute approximate surface area is 158 Å². The summed E-state index contributed by atoms with van der Waals surface area (Å²) in [6.45, 7) is 3.58. The van der Waals surface area contributed by atoms with Gasteiger partial charge in [0.2, 0.25) is 0 Å². The summed E-state index contributed by atoms with van der Waals surface area (Å²) in [5.74, 6) is 0.745. The predicted molar refractivity (Wildman–Crippen MR) is 104 cm³/mol. The van der Waals surface area contributed by atoms with E-state index in [2.05, 4.69) is 24.0 Å². The van der Waals surface area contributed by atoms with Gasteiger partial charge >= 0.3 is 0 Å². The molecule has 0 radical (unpaired) electrons. The first-order valence-electron chi connectivity index (χ1n) is 8.77. The van der Waals surface area contributed by atoms with Gasteiger partial charge in [0.1, 0.15) is 0 Å². The number of aromatic nitrogens is 2. The van der Waals surface area contributed by atoms with Crippen LogP contribution in [0.4, 0.5) is 5.69 Å². The third-order valence-electron chi connectivity index (χ3n) is 4.61. The average Bonchev–Trinajstić information content (AvgIpc) is 2.97. The fraction of sp³-hybridized carbons (Fsp3) is 0.238. The quantitative estimate of drug-likeness (QED) is 0.689. The Bertz CT molecular complexity index is 935. The zero-order valence-electron chi connectivity index (χ0n) is 14.6. The average molecular weight is 366 g/mol. The molecule has 0 saturated carbocycles. The second-order valence-corrected chi connectivity index (χ2v) is 7.31. The number of fused-ring (bicyclic) bond motifs is 1. The number of nitrogens with zero attached hydrogens (tertiary/aromatic N) is 3. The number of imidazole rings is 1. The Kier molecular flexibility index (Phi) is 4.51. The number of hydrogen-bond donors (Lipinski definition) is 0. The van der Waals surface area contributed by atoms with Gasteiger partial charge in [-0.05, 0) is 29.7 Å². The molecule has 3 aromatic rings. The molecule has 26 heavy (non-hydrogen) atoms. The lowest BCUT2D eigenvalue weighted by atomic mass is 10.1. The summed E-state index contributed by atoms with van der Waals surface area (Å²) < 4.78 is 2.00. The van der Waals surface area contributed by atoms with Gasteiger partial charge in [0, 0.05) is 36.4 Å². The third kappa shape index (κ3) is 3.37. The summed E-state index contributed by atoms with van der Waals surface area (Å²) in [5, 5.41) is 0.625. The Morgan fingerprint density at radius 1 is 1.12 bits per heavy atom. The van der Waals surface area contributed by atoms with E-state index >= 15 is 0 Å². The largest absolute Gasteiger partial charge is 0.326 e. The maximum Gasteiger partial charge on any atom is 0.294 e. The van der Waals surface area contributed by atoms with Crippen molar-refractivity contribution in [1.82, 2.24) is 9.55 Å². The highest BCUT2D eigenvalue weighted by Gasteiger charge is 2.29. The SMILES string of the molecule is CC1CN(c2cccc(Cl)c2)C(=O)c2nc(Cc3ccccc3)cn2C1. The molecule has 1 aliphatic rings. The third-order valence-corrected chi connectivity index (χ3v) is 4.85. The Hall–Kier alpha value is -2.59. The summed E-state index contributed by atoms with van der Waals surface area (Å²) >= 11 is 6.12. The molecule has 1 aliphatic heterocycles. The van der Waals surface area contributed by atoms with Crippen LogP contribution in [0.15, 0.2) is 60.8 Å². The molecule has 0 spiro atoms. The van der Waals surface area contributed by atoms with E-state index in [1.54, 1.807) is 4.90 Å². The van der Waals surface area contributed by atoms with Gasteiger partial charge in [0.15, 0.2) is 5.82 Å². The van der Waals surface area contributed by atoms with Crippen molar-refractivity contribution in [3.8, 4) is 0 Å². The van der Waals surface area contributed by atoms with Crippen molar-refractivity contribution >= 4 is 23.2 Å². The van der Waals surface area contributed by atoms with E-state index in [1.807, 2.05) is 53.2 Å². The van der Waals surface area contributed by atoms with Gasteiger partial charge in [-0.25, -0.2) is 4.98 Å². The minimum atomic E-state index is -0.0732. The van der Waals surface area contributed by atoms with Gasteiger partial charge in [-0.2, -0.15) is 0 Å². The summed E-state index contributed by atoms with van der Waals surface area (Å²) in [6.07, 6.45) is 2.73. The van der Waals surface area contributed by atoms with E-state index in [1.165, 1.54) is 5.56 Å². The van der Waals surface area contributed by atoms with Crippen molar-refractivity contribution in [2.24, 2.45) is 5.92 Å². The zero-order chi connectivity index (χ0) is 18.1. The maximum absolute atomic E-state index is 13.2. The molecule has 1 atom stereocenters. The second kappa shape index (κ2) is 6.96. The Morgan fingerprint density at radius 3 is 2.69 bits per heavy atom. The number of anilines is 1. The van der Waals surface area contributed by atoms with E-state index in [-0.39, 0.29) is 5.91 Å². The van der Waals surface area contributed by atoms with Crippen LogP contribution in [0.1, 0.15) is 28.8 Å². The van der Waals surface area contributed by atoms with Crippen molar-refractivity contribution in [2.45, 2.75) is 19.9 Å². The van der Waals surface area contributed by atoms with Crippen LogP contribution in [0.3, 0.4) is 0 Å². The lowest BCUT2D eigenvalue weighted by molar-refractivity contribution is 0.0977. The highest BCUT2D eigenvalue weighted by molar-refractivity contribution is 6.31. The summed E-state index contributed by atoms with van der Waals surface area (Å²) in [5.41, 5.74) is 2.92. The first-order valence-corrected chi connectivity index (χ1v) is 9.15. The number of carbonyl (C=O) groups excluding carboxylic acids is 1. The normalized spacial score (nSPS) is 17.1. The van der Waals surface area contributed by atoms with Crippen LogP contribution < -0.4 is 4.90 Å². The van der Waals surface area contributed by atoms with Gasteiger partial charge in [-0.1, -0.05) is 54.9 Å². The lowest BCUT2D eigenvalue weighted by Crippen LogP contribution is -2.33. The molecule has 2 heterocycles. The molecule has 1 aromatic heterocycles. The van der Waals surface area contributed by atoms with Crippen molar-refractivity contribution in [1.29, 1.82) is 0 Å². The molecule has 2 aromatic carbocycles. The Balaban J connectivity index is 1.68. The van der Waals surface area contributed by atoms with Crippen molar-refractivity contribution in [3.05, 3.63) is 82.9 Å². The highest BCUT2D eigenvalue weighted by atomic mass is 35.5. The van der Waals surface area contributed by atoms with Crippen LogP contribution in [0.2, 0.25) is 5.02 Å². The van der Waals surface area contributed by atoms with Crippen LogP contribution in [0.5, 0.6) is 0 Å². The summed E-state index contributed by atoms with van der Waals surface area (Å²) in [4.78, 5) is 19.6. The molecular weight excluding hydrogens is 346 g/mol. The lowest BCUT2D eigenvalue weighted by Gasteiger charge is -2.22. The monoisotopic (exact) mass is 365 g/mol. The van der Waals surface area contributed by atoms with E-state index in [4.69, 9.17) is 11.6 Å². The van der Waals surface area contributed by atoms with E-state index in [0.29, 0.717) is 23.3 Å². The molecule has 0 N–H and O–H groups in total. The van der Waals surface area contributed by atoms with E-state index in [0.717, 1.165) is 24.3 Å². The number of hydrogen-bond acceptors (Lipinski definition) is 2. The number of amides is 1. The van der Waals surface area contributed by atoms with Crippen LogP contribution in [0.25, 0.3) is 0 Å². The zero-order valence-corrected chi connectivity index (χ0v) is 15.4. The standard InChI is InChI=1S/C21H20ClN3O/c1-15-12-24-14-18(10-16-6-3-2-4-7-16)23-20(24)21(26)25(13-15)19-9-5-8-17(22)11-19/h2-9,11,14-15H,10,12-13H2,1H3. The van der Waals surface area contributed by atoms with Crippen LogP contribution in [0, 0.1) is 5.92 Å². The minimum absolute atomic E-state index is 0.0732. The summed E-state index contributed by atoms with van der Waals surface area (Å²) in [6, 6.07) is 17.6. The topological polar surface area (TPSA) is 38.1 Å². The first-order chi connectivity index (χ1) is 12.6. The molecule has 132 valence electrons. The van der Waals surface area contributed by atoms with Gasteiger partial charge in [0.05, 0.1) is 5.69 Å². The second-order valence-electron chi connectivity index (χ2n) is 6.87. The fourth-order valence-corrected chi connectivity index (χ4v) is 3.63.